The molecule has 3 rings (SSSR count). The lowest BCUT2D eigenvalue weighted by atomic mass is 9.99. The van der Waals surface area contributed by atoms with E-state index in [4.69, 9.17) is 11.7 Å². The van der Waals surface area contributed by atoms with Gasteiger partial charge in [0.15, 0.2) is 0 Å². The summed E-state index contributed by atoms with van der Waals surface area (Å²) in [5.74, 6) is 2.83. The van der Waals surface area contributed by atoms with Crippen molar-refractivity contribution in [2.45, 2.75) is 13.8 Å². The number of nitriles is 1. The Morgan fingerprint density at radius 3 is 2.36 bits per heavy atom. The molecule has 0 unspecified atom stereocenters. The highest BCUT2D eigenvalue weighted by atomic mass is 14.3. The largest absolute Gasteiger partial charge is 0.192 e. The summed E-state index contributed by atoms with van der Waals surface area (Å²) < 4.78 is 0. The van der Waals surface area contributed by atoms with E-state index in [1.807, 2.05) is 24.3 Å². The van der Waals surface area contributed by atoms with Crippen LogP contribution in [0.3, 0.4) is 0 Å². The van der Waals surface area contributed by atoms with Crippen LogP contribution < -0.4 is 0 Å². The van der Waals surface area contributed by atoms with Crippen LogP contribution >= 0.6 is 0 Å². The molecule has 0 aromatic heterocycles. The summed E-state index contributed by atoms with van der Waals surface area (Å²) in [7, 11) is 0. The molecule has 2 aromatic carbocycles. The number of fused-ring (bicyclic) bond motifs is 1. The second-order valence-corrected chi connectivity index (χ2v) is 5.49. The van der Waals surface area contributed by atoms with Crippen molar-refractivity contribution in [2.24, 2.45) is 0 Å². The van der Waals surface area contributed by atoms with E-state index in [1.165, 1.54) is 11.1 Å². The number of rotatable bonds is 1. The van der Waals surface area contributed by atoms with Crippen molar-refractivity contribution in [3.8, 4) is 18.4 Å². The smallest absolute Gasteiger partial charge is 0.0991 e. The van der Waals surface area contributed by atoms with Crippen LogP contribution in [0.15, 0.2) is 48.0 Å². The molecule has 104 valence electrons. The van der Waals surface area contributed by atoms with E-state index in [-0.39, 0.29) is 0 Å². The van der Waals surface area contributed by atoms with E-state index in [9.17, 15) is 0 Å². The van der Waals surface area contributed by atoms with Gasteiger partial charge in [0, 0.05) is 5.57 Å². The van der Waals surface area contributed by atoms with Crippen LogP contribution in [0, 0.1) is 30.6 Å². The van der Waals surface area contributed by atoms with E-state index in [2.05, 4.69) is 50.1 Å². The normalized spacial score (nSPS) is 14.6. The molecule has 0 saturated carbocycles. The zero-order chi connectivity index (χ0) is 15.7. The number of nitrogens with zero attached hydrogens (tertiary/aromatic N) is 1. The first-order chi connectivity index (χ1) is 10.6. The van der Waals surface area contributed by atoms with Gasteiger partial charge in [-0.15, -0.1) is 6.42 Å². The molecule has 1 heteroatoms. The third-order valence-corrected chi connectivity index (χ3v) is 4.01. The quantitative estimate of drug-likeness (QED) is 0.687. The maximum Gasteiger partial charge on any atom is 0.0991 e. The minimum atomic E-state index is 0.668. The number of aryl methyl sites for hydroxylation is 1. The van der Waals surface area contributed by atoms with Crippen LogP contribution in [0.25, 0.3) is 17.2 Å². The summed E-state index contributed by atoms with van der Waals surface area (Å²) in [6, 6.07) is 16.1. The molecule has 0 fully saturated rings. The zero-order valence-corrected chi connectivity index (χ0v) is 12.6. The minimum absolute atomic E-state index is 0.668. The monoisotopic (exact) mass is 281 g/mol. The fourth-order valence-electron chi connectivity index (χ4n) is 2.83. The maximum atomic E-state index is 8.88. The molecule has 0 atom stereocenters. The molecular formula is C21H15N. The third-order valence-electron chi connectivity index (χ3n) is 4.01. The first-order valence-corrected chi connectivity index (χ1v) is 7.15. The molecule has 0 spiro atoms. The highest BCUT2D eigenvalue weighted by Gasteiger charge is 2.22. The van der Waals surface area contributed by atoms with Gasteiger partial charge >= 0.3 is 0 Å². The van der Waals surface area contributed by atoms with Crippen LogP contribution in [0.5, 0.6) is 0 Å². The van der Waals surface area contributed by atoms with Gasteiger partial charge < -0.3 is 0 Å². The number of hydrogen-bond donors (Lipinski definition) is 0. The van der Waals surface area contributed by atoms with Crippen LogP contribution in [0.4, 0.5) is 0 Å². The van der Waals surface area contributed by atoms with Crippen molar-refractivity contribution in [3.63, 3.8) is 0 Å². The van der Waals surface area contributed by atoms with Crippen molar-refractivity contribution >= 4 is 17.2 Å². The van der Waals surface area contributed by atoms with Gasteiger partial charge in [-0.2, -0.15) is 5.26 Å². The van der Waals surface area contributed by atoms with Crippen LogP contribution in [-0.2, 0) is 0 Å². The van der Waals surface area contributed by atoms with E-state index in [0.717, 1.165) is 27.8 Å². The molecular weight excluding hydrogens is 266 g/mol. The summed E-state index contributed by atoms with van der Waals surface area (Å²) in [5.41, 5.74) is 8.53. The molecule has 0 heterocycles. The number of hydrogen-bond acceptors (Lipinski definition) is 1. The standard InChI is InChI=1S/C21H15N/c1-4-18-15(3)20(19-10-5-14(2)11-21(18)19)12-16-6-8-17(13-22)9-7-16/h1,5-12H,2-3H3. The second kappa shape index (κ2) is 5.40. The van der Waals surface area contributed by atoms with Gasteiger partial charge in [0.25, 0.3) is 0 Å². The number of benzene rings is 2. The summed E-state index contributed by atoms with van der Waals surface area (Å²) in [4.78, 5) is 0. The number of allylic oxidation sites excluding steroid dienone is 3. The average molecular weight is 281 g/mol. The zero-order valence-electron chi connectivity index (χ0n) is 12.6. The fourth-order valence-corrected chi connectivity index (χ4v) is 2.83. The van der Waals surface area contributed by atoms with Crippen molar-refractivity contribution in [1.82, 2.24) is 0 Å². The molecule has 0 N–H and O–H groups in total. The minimum Gasteiger partial charge on any atom is -0.192 e. The first-order valence-electron chi connectivity index (χ1n) is 7.15. The van der Waals surface area contributed by atoms with E-state index >= 15 is 0 Å². The predicted molar refractivity (Wildman–Crippen MR) is 91.6 cm³/mol. The Morgan fingerprint density at radius 1 is 1.00 bits per heavy atom. The molecule has 2 aromatic rings. The lowest BCUT2D eigenvalue weighted by Crippen LogP contribution is -1.85. The predicted octanol–water partition coefficient (Wildman–Crippen LogP) is 4.83. The van der Waals surface area contributed by atoms with Crippen LogP contribution in [0.1, 0.15) is 34.7 Å². The lowest BCUT2D eigenvalue weighted by molar-refractivity contribution is 1.44. The maximum absolute atomic E-state index is 8.88. The van der Waals surface area contributed by atoms with Gasteiger partial charge in [-0.1, -0.05) is 41.8 Å². The highest BCUT2D eigenvalue weighted by Crippen LogP contribution is 2.42. The summed E-state index contributed by atoms with van der Waals surface area (Å²) in [6.45, 7) is 4.14. The molecule has 0 aliphatic heterocycles. The van der Waals surface area contributed by atoms with Gasteiger partial charge in [-0.05, 0) is 59.9 Å². The Hall–Kier alpha value is -3.03. The molecule has 0 radical (unpaired) electrons. The second-order valence-electron chi connectivity index (χ2n) is 5.49. The Labute approximate surface area is 131 Å². The summed E-state index contributed by atoms with van der Waals surface area (Å²) in [6.07, 6.45) is 7.85. The Morgan fingerprint density at radius 2 is 1.73 bits per heavy atom. The highest BCUT2D eigenvalue weighted by molar-refractivity contribution is 6.08. The van der Waals surface area contributed by atoms with Crippen LogP contribution in [-0.4, -0.2) is 0 Å². The molecule has 1 nitrogen and oxygen atoms in total. The fraction of sp³-hybridized carbons (Fsp3) is 0.0952. The lowest BCUT2D eigenvalue weighted by Gasteiger charge is -2.05. The Kier molecular flexibility index (Phi) is 3.42. The first kappa shape index (κ1) is 13.9. The van der Waals surface area contributed by atoms with E-state index in [1.54, 1.807) is 0 Å². The number of terminal acetylenes is 1. The van der Waals surface area contributed by atoms with Crippen molar-refractivity contribution < 1.29 is 0 Å². The molecule has 1 aliphatic rings. The Balaban J connectivity index is 2.15. The molecule has 22 heavy (non-hydrogen) atoms. The SMILES string of the molecule is C#CC1=C(C)C(=Cc2ccc(C#N)cc2)c2ccc(C)cc21. The Bertz CT molecular complexity index is 894. The topological polar surface area (TPSA) is 23.8 Å². The van der Waals surface area contributed by atoms with Gasteiger partial charge in [0.05, 0.1) is 11.6 Å². The molecule has 0 bridgehead atoms. The van der Waals surface area contributed by atoms with Gasteiger partial charge in [-0.25, -0.2) is 0 Å². The van der Waals surface area contributed by atoms with E-state index in [0.29, 0.717) is 5.56 Å². The molecule has 0 amide bonds. The summed E-state index contributed by atoms with van der Waals surface area (Å²) in [5, 5.41) is 8.88. The van der Waals surface area contributed by atoms with Crippen molar-refractivity contribution in [1.29, 1.82) is 5.26 Å². The van der Waals surface area contributed by atoms with Gasteiger partial charge in [-0.3, -0.25) is 0 Å². The van der Waals surface area contributed by atoms with Gasteiger partial charge in [0.1, 0.15) is 0 Å². The molecule has 0 saturated heterocycles. The van der Waals surface area contributed by atoms with Crippen molar-refractivity contribution in [3.05, 3.63) is 75.9 Å². The third kappa shape index (κ3) is 2.24. The average Bonchev–Trinajstić information content (AvgIpc) is 2.79. The summed E-state index contributed by atoms with van der Waals surface area (Å²) >= 11 is 0. The molecule has 1 aliphatic carbocycles. The van der Waals surface area contributed by atoms with E-state index < -0.39 is 0 Å². The van der Waals surface area contributed by atoms with Gasteiger partial charge in [0.2, 0.25) is 0 Å². The van der Waals surface area contributed by atoms with Crippen molar-refractivity contribution in [2.75, 3.05) is 0 Å². The van der Waals surface area contributed by atoms with Crippen LogP contribution in [0.2, 0.25) is 0 Å².